The third-order valence-electron chi connectivity index (χ3n) is 4.79. The van der Waals surface area contributed by atoms with Gasteiger partial charge in [-0.2, -0.15) is 0 Å². The van der Waals surface area contributed by atoms with Crippen LogP contribution in [0.1, 0.15) is 10.4 Å². The summed E-state index contributed by atoms with van der Waals surface area (Å²) in [5.74, 6) is -0.436. The Morgan fingerprint density at radius 2 is 1.43 bits per heavy atom. The fourth-order valence-corrected chi connectivity index (χ4v) is 3.35. The van der Waals surface area contributed by atoms with Gasteiger partial charge in [0.1, 0.15) is 11.4 Å². The van der Waals surface area contributed by atoms with Gasteiger partial charge in [0.05, 0.1) is 16.3 Å². The first-order valence-electron chi connectivity index (χ1n) is 9.30. The number of anilines is 1. The van der Waals surface area contributed by atoms with Crippen LogP contribution in [0.3, 0.4) is 0 Å². The van der Waals surface area contributed by atoms with Crippen molar-refractivity contribution in [2.45, 2.75) is 0 Å². The maximum Gasteiger partial charge on any atom is 0.261 e. The van der Waals surface area contributed by atoms with Gasteiger partial charge >= 0.3 is 0 Å². The van der Waals surface area contributed by atoms with Crippen LogP contribution in [-0.4, -0.2) is 18.1 Å². The molecular weight excluding hydrogens is 398 g/mol. The largest absolute Gasteiger partial charge is 0.506 e. The number of azo groups is 1. The van der Waals surface area contributed by atoms with E-state index >= 15 is 0 Å². The first kappa shape index (κ1) is 19.6. The number of phenolic OH excluding ortho intramolecular Hbond substituents is 1. The summed E-state index contributed by atoms with van der Waals surface area (Å²) in [5, 5.41) is 21.1. The van der Waals surface area contributed by atoms with Crippen LogP contribution in [0.2, 0.25) is 5.02 Å². The molecule has 5 nitrogen and oxygen atoms in total. The lowest BCUT2D eigenvalue weighted by molar-refractivity contribution is 0.0990. The minimum absolute atomic E-state index is 0.0879. The van der Waals surface area contributed by atoms with Crippen molar-refractivity contribution in [1.29, 1.82) is 0 Å². The van der Waals surface area contributed by atoms with Gasteiger partial charge in [-0.25, -0.2) is 0 Å². The fourth-order valence-electron chi connectivity index (χ4n) is 3.18. The second kappa shape index (κ2) is 8.35. The summed E-state index contributed by atoms with van der Waals surface area (Å²) < 4.78 is 0. The van der Waals surface area contributed by atoms with Gasteiger partial charge in [-0.15, -0.1) is 10.2 Å². The van der Waals surface area contributed by atoms with Crippen LogP contribution in [0, 0.1) is 0 Å². The van der Waals surface area contributed by atoms with Crippen LogP contribution in [0.25, 0.3) is 10.8 Å². The molecule has 4 aromatic carbocycles. The number of halogens is 1. The second-order valence-corrected chi connectivity index (χ2v) is 7.10. The maximum absolute atomic E-state index is 13.2. The number of carbonyl (C=O) groups excluding carboxylic acids is 1. The monoisotopic (exact) mass is 415 g/mol. The quantitative estimate of drug-likeness (QED) is 0.369. The molecule has 0 bridgehead atoms. The Hall–Kier alpha value is -3.70. The molecular formula is C24H18ClN3O2. The molecule has 1 amide bonds. The molecule has 0 heterocycles. The van der Waals surface area contributed by atoms with Crippen LogP contribution in [0.15, 0.2) is 95.2 Å². The van der Waals surface area contributed by atoms with Crippen molar-refractivity contribution in [2.24, 2.45) is 10.2 Å². The fraction of sp³-hybridized carbons (Fsp3) is 0.0417. The highest BCUT2D eigenvalue weighted by molar-refractivity contribution is 6.32. The van der Waals surface area contributed by atoms with Crippen molar-refractivity contribution in [3.63, 3.8) is 0 Å². The molecule has 0 unspecified atom stereocenters. The molecule has 0 atom stereocenters. The van der Waals surface area contributed by atoms with E-state index in [2.05, 4.69) is 10.2 Å². The Kier molecular flexibility index (Phi) is 5.46. The number of rotatable bonds is 4. The van der Waals surface area contributed by atoms with E-state index in [9.17, 15) is 9.90 Å². The Labute approximate surface area is 178 Å². The van der Waals surface area contributed by atoms with E-state index in [1.807, 2.05) is 54.6 Å². The zero-order valence-corrected chi connectivity index (χ0v) is 16.9. The average Bonchev–Trinajstić information content (AvgIpc) is 2.79. The summed E-state index contributed by atoms with van der Waals surface area (Å²) in [7, 11) is 1.66. The molecule has 0 saturated heterocycles. The molecule has 0 spiro atoms. The number of amides is 1. The van der Waals surface area contributed by atoms with E-state index in [0.717, 1.165) is 0 Å². The molecule has 148 valence electrons. The molecule has 0 aliphatic rings. The van der Waals surface area contributed by atoms with Crippen molar-refractivity contribution in [1.82, 2.24) is 0 Å². The van der Waals surface area contributed by atoms with Gasteiger partial charge in [0.2, 0.25) is 0 Å². The summed E-state index contributed by atoms with van der Waals surface area (Å²) in [6.07, 6.45) is 0. The molecule has 1 N–H and O–H groups in total. The Morgan fingerprint density at radius 1 is 0.833 bits per heavy atom. The molecule has 4 rings (SSSR count). The average molecular weight is 416 g/mol. The topological polar surface area (TPSA) is 65.3 Å². The normalized spacial score (nSPS) is 11.1. The summed E-state index contributed by atoms with van der Waals surface area (Å²) >= 11 is 6.17. The number of hydrogen-bond donors (Lipinski definition) is 1. The van der Waals surface area contributed by atoms with Crippen LogP contribution >= 0.6 is 11.6 Å². The Balaban J connectivity index is 1.82. The van der Waals surface area contributed by atoms with Gasteiger partial charge in [0.25, 0.3) is 5.91 Å². The van der Waals surface area contributed by atoms with Crippen molar-refractivity contribution in [3.05, 3.63) is 95.5 Å². The van der Waals surface area contributed by atoms with Gasteiger partial charge in [-0.05, 0) is 30.3 Å². The van der Waals surface area contributed by atoms with E-state index in [4.69, 9.17) is 11.6 Å². The number of para-hydroxylation sites is 1. The first-order chi connectivity index (χ1) is 14.6. The lowest BCUT2D eigenvalue weighted by atomic mass is 10.0. The smallest absolute Gasteiger partial charge is 0.261 e. The third kappa shape index (κ3) is 3.75. The Morgan fingerprint density at radius 3 is 2.17 bits per heavy atom. The molecule has 0 aromatic heterocycles. The van der Waals surface area contributed by atoms with Gasteiger partial charge in [-0.3, -0.25) is 4.79 Å². The van der Waals surface area contributed by atoms with Crippen molar-refractivity contribution >= 4 is 45.3 Å². The number of aromatic hydroxyl groups is 1. The van der Waals surface area contributed by atoms with Crippen molar-refractivity contribution in [3.8, 4) is 5.75 Å². The molecule has 0 aliphatic carbocycles. The minimum Gasteiger partial charge on any atom is -0.506 e. The minimum atomic E-state index is -0.348. The van der Waals surface area contributed by atoms with E-state index in [0.29, 0.717) is 32.9 Å². The molecule has 0 radical (unpaired) electrons. The van der Waals surface area contributed by atoms with E-state index in [1.165, 1.54) is 4.90 Å². The lowest BCUT2D eigenvalue weighted by Crippen LogP contribution is -2.26. The number of hydrogen-bond acceptors (Lipinski definition) is 4. The Bertz CT molecular complexity index is 1260. The van der Waals surface area contributed by atoms with Crippen LogP contribution in [-0.2, 0) is 0 Å². The zero-order chi connectivity index (χ0) is 21.1. The van der Waals surface area contributed by atoms with Crippen molar-refractivity contribution in [2.75, 3.05) is 11.9 Å². The van der Waals surface area contributed by atoms with Gasteiger partial charge < -0.3 is 10.0 Å². The third-order valence-corrected chi connectivity index (χ3v) is 5.11. The molecule has 6 heteroatoms. The van der Waals surface area contributed by atoms with Gasteiger partial charge in [0, 0.05) is 23.5 Å². The highest BCUT2D eigenvalue weighted by atomic mass is 35.5. The van der Waals surface area contributed by atoms with Gasteiger partial charge in [-0.1, -0.05) is 66.2 Å². The molecule has 4 aromatic rings. The standard InChI is InChI=1S/C24H18ClN3O2/c1-28(16-9-3-2-4-10-16)24(30)19-15-22(17-11-5-6-12-18(17)23(19)29)27-26-21-14-8-7-13-20(21)25/h2-15,29H,1H3. The number of nitrogens with zero attached hydrogens (tertiary/aromatic N) is 3. The first-order valence-corrected chi connectivity index (χ1v) is 9.68. The number of phenols is 1. The number of carbonyl (C=O) groups is 1. The summed E-state index contributed by atoms with van der Waals surface area (Å²) in [6.45, 7) is 0. The van der Waals surface area contributed by atoms with E-state index < -0.39 is 0 Å². The predicted octanol–water partition coefficient (Wildman–Crippen LogP) is 6.89. The second-order valence-electron chi connectivity index (χ2n) is 6.69. The molecule has 0 saturated carbocycles. The SMILES string of the molecule is CN(C(=O)c1cc(N=Nc2ccccc2Cl)c2ccccc2c1O)c1ccccc1. The highest BCUT2D eigenvalue weighted by Crippen LogP contribution is 2.38. The van der Waals surface area contributed by atoms with Crippen molar-refractivity contribution < 1.29 is 9.90 Å². The van der Waals surface area contributed by atoms with Crippen LogP contribution in [0.5, 0.6) is 5.75 Å². The van der Waals surface area contributed by atoms with Crippen LogP contribution in [0.4, 0.5) is 17.1 Å². The van der Waals surface area contributed by atoms with E-state index in [-0.39, 0.29) is 17.2 Å². The van der Waals surface area contributed by atoms with Crippen LogP contribution < -0.4 is 4.90 Å². The predicted molar refractivity (Wildman–Crippen MR) is 120 cm³/mol. The lowest BCUT2D eigenvalue weighted by Gasteiger charge is -2.19. The zero-order valence-electron chi connectivity index (χ0n) is 16.2. The summed E-state index contributed by atoms with van der Waals surface area (Å²) in [4.78, 5) is 14.6. The van der Waals surface area contributed by atoms with E-state index in [1.54, 1.807) is 37.4 Å². The molecule has 30 heavy (non-hydrogen) atoms. The molecule has 0 aliphatic heterocycles. The number of benzene rings is 4. The number of fused-ring (bicyclic) bond motifs is 1. The van der Waals surface area contributed by atoms with Gasteiger partial charge in [0.15, 0.2) is 0 Å². The maximum atomic E-state index is 13.2. The highest BCUT2D eigenvalue weighted by Gasteiger charge is 2.21. The molecule has 0 fully saturated rings. The summed E-state index contributed by atoms with van der Waals surface area (Å²) in [5.41, 5.74) is 1.85. The summed E-state index contributed by atoms with van der Waals surface area (Å²) in [6, 6.07) is 25.1.